The number of fused-ring (bicyclic) bond motifs is 1. The summed E-state index contributed by atoms with van der Waals surface area (Å²) in [7, 11) is 0. The Bertz CT molecular complexity index is 1040. The maximum atomic E-state index is 12.4. The van der Waals surface area contributed by atoms with Gasteiger partial charge in [0.2, 0.25) is 5.91 Å². The zero-order chi connectivity index (χ0) is 19.2. The van der Waals surface area contributed by atoms with Crippen LogP contribution in [-0.2, 0) is 4.79 Å². The van der Waals surface area contributed by atoms with Gasteiger partial charge in [0.05, 0.1) is 11.0 Å². The summed E-state index contributed by atoms with van der Waals surface area (Å²) in [5.41, 5.74) is 5.00. The van der Waals surface area contributed by atoms with Gasteiger partial charge in [-0.05, 0) is 30.2 Å². The number of thioether (sulfide) groups is 1. The molecule has 4 rings (SSSR count). The second kappa shape index (κ2) is 8.76. The maximum absolute atomic E-state index is 12.4. The fraction of sp³-hybridized carbons (Fsp3) is 0.130. The molecule has 28 heavy (non-hydrogen) atoms. The number of imidazole rings is 1. The van der Waals surface area contributed by atoms with Crippen molar-refractivity contribution in [1.82, 2.24) is 9.97 Å². The van der Waals surface area contributed by atoms with Crippen molar-refractivity contribution in [3.8, 4) is 11.1 Å². The summed E-state index contributed by atoms with van der Waals surface area (Å²) in [4.78, 5) is 20.3. The standard InChI is InChI=1S/C23H21N3OS/c27-22(15-8-16-28-23-25-20-13-6-7-14-21(20)26-23)24-19-12-5-4-11-18(19)17-9-2-1-3-10-17/h1-7,9-14H,8,15-16H2,(H,24,27)(H,25,26). The van der Waals surface area contributed by atoms with Crippen LogP contribution in [0.3, 0.4) is 0 Å². The van der Waals surface area contributed by atoms with Gasteiger partial charge in [-0.25, -0.2) is 4.98 Å². The second-order valence-corrected chi connectivity index (χ2v) is 7.55. The molecule has 0 spiro atoms. The first kappa shape index (κ1) is 18.3. The molecule has 0 radical (unpaired) electrons. The van der Waals surface area contributed by atoms with Gasteiger partial charge < -0.3 is 10.3 Å². The highest BCUT2D eigenvalue weighted by atomic mass is 32.2. The van der Waals surface area contributed by atoms with E-state index in [0.29, 0.717) is 6.42 Å². The first-order valence-corrected chi connectivity index (χ1v) is 10.3. The molecule has 1 aromatic heterocycles. The molecule has 5 heteroatoms. The molecule has 140 valence electrons. The van der Waals surface area contributed by atoms with Crippen LogP contribution in [0.25, 0.3) is 22.2 Å². The van der Waals surface area contributed by atoms with Gasteiger partial charge in [0, 0.05) is 23.4 Å². The Kier molecular flexibility index (Phi) is 5.73. The minimum Gasteiger partial charge on any atom is -0.333 e. The molecule has 4 aromatic rings. The Balaban J connectivity index is 1.30. The van der Waals surface area contributed by atoms with Crippen LogP contribution in [0.2, 0.25) is 0 Å². The van der Waals surface area contributed by atoms with Gasteiger partial charge in [-0.2, -0.15) is 0 Å². The summed E-state index contributed by atoms with van der Waals surface area (Å²) in [5, 5.41) is 3.96. The highest BCUT2D eigenvalue weighted by molar-refractivity contribution is 7.99. The third kappa shape index (κ3) is 4.43. The first-order chi connectivity index (χ1) is 13.8. The lowest BCUT2D eigenvalue weighted by molar-refractivity contribution is -0.116. The Morgan fingerprint density at radius 1 is 0.929 bits per heavy atom. The van der Waals surface area contributed by atoms with E-state index in [4.69, 9.17) is 0 Å². The second-order valence-electron chi connectivity index (χ2n) is 6.47. The van der Waals surface area contributed by atoms with E-state index in [1.54, 1.807) is 11.8 Å². The summed E-state index contributed by atoms with van der Waals surface area (Å²) >= 11 is 1.65. The van der Waals surface area contributed by atoms with Crippen molar-refractivity contribution in [1.29, 1.82) is 0 Å². The molecular weight excluding hydrogens is 366 g/mol. The first-order valence-electron chi connectivity index (χ1n) is 9.31. The lowest BCUT2D eigenvalue weighted by atomic mass is 10.0. The molecule has 0 saturated heterocycles. The number of aromatic amines is 1. The average molecular weight is 388 g/mol. The van der Waals surface area contributed by atoms with E-state index in [1.165, 1.54) is 0 Å². The Labute approximate surface area is 168 Å². The molecule has 3 aromatic carbocycles. The molecule has 0 aliphatic carbocycles. The van der Waals surface area contributed by atoms with E-state index < -0.39 is 0 Å². The summed E-state index contributed by atoms with van der Waals surface area (Å²) in [6.07, 6.45) is 1.28. The van der Waals surface area contributed by atoms with E-state index in [1.807, 2.05) is 66.7 Å². The van der Waals surface area contributed by atoms with Crippen LogP contribution >= 0.6 is 11.8 Å². The van der Waals surface area contributed by atoms with Crippen molar-refractivity contribution in [2.45, 2.75) is 18.0 Å². The topological polar surface area (TPSA) is 57.8 Å². The lowest BCUT2D eigenvalue weighted by Crippen LogP contribution is -2.12. The molecule has 0 unspecified atom stereocenters. The molecule has 1 heterocycles. The number of benzene rings is 3. The van der Waals surface area contributed by atoms with Crippen molar-refractivity contribution >= 4 is 34.4 Å². The third-order valence-corrected chi connectivity index (χ3v) is 5.40. The normalized spacial score (nSPS) is 10.9. The van der Waals surface area contributed by atoms with Crippen LogP contribution < -0.4 is 5.32 Å². The van der Waals surface area contributed by atoms with Gasteiger partial charge in [-0.15, -0.1) is 0 Å². The van der Waals surface area contributed by atoms with Gasteiger partial charge in [-0.1, -0.05) is 72.4 Å². The summed E-state index contributed by atoms with van der Waals surface area (Å²) < 4.78 is 0. The Morgan fingerprint density at radius 2 is 1.68 bits per heavy atom. The molecule has 1 amide bonds. The Hall–Kier alpha value is -3.05. The number of hydrogen-bond acceptors (Lipinski definition) is 3. The van der Waals surface area contributed by atoms with Crippen LogP contribution in [0.5, 0.6) is 0 Å². The monoisotopic (exact) mass is 387 g/mol. The zero-order valence-electron chi connectivity index (χ0n) is 15.4. The van der Waals surface area contributed by atoms with E-state index in [0.717, 1.165) is 45.2 Å². The zero-order valence-corrected chi connectivity index (χ0v) is 16.2. The molecule has 2 N–H and O–H groups in total. The molecule has 0 bridgehead atoms. The number of anilines is 1. The number of rotatable bonds is 7. The highest BCUT2D eigenvalue weighted by Gasteiger charge is 2.09. The van der Waals surface area contributed by atoms with Crippen LogP contribution in [0.15, 0.2) is 84.0 Å². The van der Waals surface area contributed by atoms with Crippen molar-refractivity contribution in [3.05, 3.63) is 78.9 Å². The average Bonchev–Trinajstić information content (AvgIpc) is 3.15. The largest absolute Gasteiger partial charge is 0.333 e. The van der Waals surface area contributed by atoms with Crippen molar-refractivity contribution in [3.63, 3.8) is 0 Å². The number of carbonyl (C=O) groups excluding carboxylic acids is 1. The molecule has 0 atom stereocenters. The van der Waals surface area contributed by atoms with Crippen molar-refractivity contribution < 1.29 is 4.79 Å². The van der Waals surface area contributed by atoms with E-state index in [9.17, 15) is 4.79 Å². The Morgan fingerprint density at radius 3 is 2.54 bits per heavy atom. The summed E-state index contributed by atoms with van der Waals surface area (Å²) in [6, 6.07) is 26.0. The fourth-order valence-corrected chi connectivity index (χ4v) is 3.90. The molecule has 0 fully saturated rings. The number of H-pyrrole nitrogens is 1. The lowest BCUT2D eigenvalue weighted by Gasteiger charge is -2.11. The minimum absolute atomic E-state index is 0.0357. The number of nitrogens with zero attached hydrogens (tertiary/aromatic N) is 1. The SMILES string of the molecule is O=C(CCCSc1nc2ccccc2[nH]1)Nc1ccccc1-c1ccccc1. The van der Waals surface area contributed by atoms with Gasteiger partial charge in [-0.3, -0.25) is 4.79 Å². The molecule has 0 aliphatic rings. The van der Waals surface area contributed by atoms with Gasteiger partial charge >= 0.3 is 0 Å². The number of aromatic nitrogens is 2. The van der Waals surface area contributed by atoms with Crippen LogP contribution in [-0.4, -0.2) is 21.6 Å². The van der Waals surface area contributed by atoms with E-state index >= 15 is 0 Å². The van der Waals surface area contributed by atoms with E-state index in [2.05, 4.69) is 27.4 Å². The molecule has 4 nitrogen and oxygen atoms in total. The maximum Gasteiger partial charge on any atom is 0.224 e. The number of amides is 1. The number of para-hydroxylation sites is 3. The van der Waals surface area contributed by atoms with Gasteiger partial charge in [0.15, 0.2) is 5.16 Å². The van der Waals surface area contributed by atoms with Crippen LogP contribution in [0.1, 0.15) is 12.8 Å². The minimum atomic E-state index is 0.0357. The fourth-order valence-electron chi connectivity index (χ4n) is 3.07. The van der Waals surface area contributed by atoms with Crippen molar-refractivity contribution in [2.75, 3.05) is 11.1 Å². The van der Waals surface area contributed by atoms with Gasteiger partial charge in [0.25, 0.3) is 0 Å². The number of hydrogen-bond donors (Lipinski definition) is 2. The quantitative estimate of drug-likeness (QED) is 0.314. The number of nitrogens with one attached hydrogen (secondary N) is 2. The summed E-state index contributed by atoms with van der Waals surface area (Å²) in [5.74, 6) is 0.877. The predicted octanol–water partition coefficient (Wildman–Crippen LogP) is 5.74. The van der Waals surface area contributed by atoms with Crippen LogP contribution in [0, 0.1) is 0 Å². The predicted molar refractivity (Wildman–Crippen MR) is 117 cm³/mol. The molecule has 0 saturated carbocycles. The van der Waals surface area contributed by atoms with Crippen LogP contribution in [0.4, 0.5) is 5.69 Å². The summed E-state index contributed by atoms with van der Waals surface area (Å²) in [6.45, 7) is 0. The third-order valence-electron chi connectivity index (χ3n) is 4.44. The number of carbonyl (C=O) groups is 1. The van der Waals surface area contributed by atoms with Crippen molar-refractivity contribution in [2.24, 2.45) is 0 Å². The highest BCUT2D eigenvalue weighted by Crippen LogP contribution is 2.27. The molecular formula is C23H21N3OS. The molecule has 0 aliphatic heterocycles. The van der Waals surface area contributed by atoms with E-state index in [-0.39, 0.29) is 5.91 Å². The van der Waals surface area contributed by atoms with Gasteiger partial charge in [0.1, 0.15) is 0 Å². The smallest absolute Gasteiger partial charge is 0.224 e.